The standard InChI is InChI=1S/C13H23N3O/c17-13-10-15-7-6-14-8-12(15)9-16(13)11-4-2-1-3-5-11/h11-12,14H,1-10H2. The molecule has 0 aromatic rings. The second-order valence-electron chi connectivity index (χ2n) is 5.67. The summed E-state index contributed by atoms with van der Waals surface area (Å²) < 4.78 is 0. The van der Waals surface area contributed by atoms with E-state index < -0.39 is 0 Å². The van der Waals surface area contributed by atoms with Crippen molar-refractivity contribution >= 4 is 5.91 Å². The summed E-state index contributed by atoms with van der Waals surface area (Å²) in [5.41, 5.74) is 0. The number of amides is 1. The number of nitrogens with one attached hydrogen (secondary N) is 1. The molecule has 3 fully saturated rings. The van der Waals surface area contributed by atoms with Gasteiger partial charge in [0.1, 0.15) is 0 Å². The van der Waals surface area contributed by atoms with Gasteiger partial charge in [-0.2, -0.15) is 0 Å². The van der Waals surface area contributed by atoms with Crippen molar-refractivity contribution in [3.8, 4) is 0 Å². The molecular formula is C13H23N3O. The molecule has 0 bridgehead atoms. The van der Waals surface area contributed by atoms with E-state index in [9.17, 15) is 4.79 Å². The fourth-order valence-corrected chi connectivity index (χ4v) is 3.53. The summed E-state index contributed by atoms with van der Waals surface area (Å²) in [6.45, 7) is 4.73. The SMILES string of the molecule is O=C1CN2CCNCC2CN1C1CCCCC1. The number of fused-ring (bicyclic) bond motifs is 1. The van der Waals surface area contributed by atoms with Gasteiger partial charge in [0.2, 0.25) is 5.91 Å². The van der Waals surface area contributed by atoms with Gasteiger partial charge < -0.3 is 10.2 Å². The zero-order chi connectivity index (χ0) is 11.7. The fraction of sp³-hybridized carbons (Fsp3) is 0.923. The maximum atomic E-state index is 12.2. The summed E-state index contributed by atoms with van der Waals surface area (Å²) in [4.78, 5) is 16.8. The minimum Gasteiger partial charge on any atom is -0.337 e. The molecule has 4 heteroatoms. The molecule has 2 aliphatic heterocycles. The molecule has 2 saturated heterocycles. The van der Waals surface area contributed by atoms with Gasteiger partial charge in [-0.1, -0.05) is 19.3 Å². The topological polar surface area (TPSA) is 35.6 Å². The Morgan fingerprint density at radius 3 is 2.76 bits per heavy atom. The predicted molar refractivity (Wildman–Crippen MR) is 66.8 cm³/mol. The molecule has 1 unspecified atom stereocenters. The van der Waals surface area contributed by atoms with Crippen molar-refractivity contribution < 1.29 is 4.79 Å². The van der Waals surface area contributed by atoms with E-state index in [0.717, 1.165) is 26.2 Å². The maximum Gasteiger partial charge on any atom is 0.237 e. The first kappa shape index (κ1) is 11.5. The summed E-state index contributed by atoms with van der Waals surface area (Å²) in [6.07, 6.45) is 6.43. The van der Waals surface area contributed by atoms with Gasteiger partial charge in [-0.05, 0) is 12.8 Å². The molecule has 3 rings (SSSR count). The predicted octanol–water partition coefficient (Wildman–Crippen LogP) is 0.435. The van der Waals surface area contributed by atoms with Crippen molar-refractivity contribution in [2.45, 2.75) is 44.2 Å². The molecule has 96 valence electrons. The van der Waals surface area contributed by atoms with Crippen molar-refractivity contribution in [1.82, 2.24) is 15.1 Å². The first-order valence-corrected chi connectivity index (χ1v) is 7.09. The zero-order valence-corrected chi connectivity index (χ0v) is 10.5. The van der Waals surface area contributed by atoms with Gasteiger partial charge in [-0.15, -0.1) is 0 Å². The third-order valence-electron chi connectivity index (χ3n) is 4.55. The highest BCUT2D eigenvalue weighted by molar-refractivity contribution is 5.79. The quantitative estimate of drug-likeness (QED) is 0.718. The lowest BCUT2D eigenvalue weighted by Crippen LogP contribution is -2.64. The van der Waals surface area contributed by atoms with Crippen LogP contribution in [0.1, 0.15) is 32.1 Å². The first-order chi connectivity index (χ1) is 8.34. The van der Waals surface area contributed by atoms with Crippen LogP contribution in [0.2, 0.25) is 0 Å². The normalized spacial score (nSPS) is 32.6. The second-order valence-corrected chi connectivity index (χ2v) is 5.67. The Morgan fingerprint density at radius 2 is 1.94 bits per heavy atom. The Morgan fingerprint density at radius 1 is 1.12 bits per heavy atom. The van der Waals surface area contributed by atoms with E-state index in [4.69, 9.17) is 0 Å². The summed E-state index contributed by atoms with van der Waals surface area (Å²) in [5, 5.41) is 3.44. The second kappa shape index (κ2) is 4.94. The molecular weight excluding hydrogens is 214 g/mol. The van der Waals surface area contributed by atoms with Crippen LogP contribution in [0.3, 0.4) is 0 Å². The summed E-state index contributed by atoms with van der Waals surface area (Å²) in [7, 11) is 0. The summed E-state index contributed by atoms with van der Waals surface area (Å²) in [6, 6.07) is 1.10. The molecule has 0 aromatic heterocycles. The number of carbonyl (C=O) groups is 1. The van der Waals surface area contributed by atoms with Gasteiger partial charge in [0.05, 0.1) is 6.54 Å². The molecule has 17 heavy (non-hydrogen) atoms. The van der Waals surface area contributed by atoms with E-state index >= 15 is 0 Å². The van der Waals surface area contributed by atoms with Crippen molar-refractivity contribution in [1.29, 1.82) is 0 Å². The minimum atomic E-state index is 0.370. The number of piperazine rings is 2. The van der Waals surface area contributed by atoms with Crippen LogP contribution in [-0.2, 0) is 4.79 Å². The molecule has 0 spiro atoms. The third kappa shape index (κ3) is 2.33. The number of hydrogen-bond donors (Lipinski definition) is 1. The Balaban J connectivity index is 1.66. The summed E-state index contributed by atoms with van der Waals surface area (Å²) >= 11 is 0. The van der Waals surface area contributed by atoms with Crippen LogP contribution >= 0.6 is 0 Å². The van der Waals surface area contributed by atoms with E-state index in [1.165, 1.54) is 32.1 Å². The summed E-state index contributed by atoms with van der Waals surface area (Å²) in [5.74, 6) is 0.370. The van der Waals surface area contributed by atoms with Crippen molar-refractivity contribution in [3.63, 3.8) is 0 Å². The highest BCUT2D eigenvalue weighted by Crippen LogP contribution is 2.25. The van der Waals surface area contributed by atoms with Gasteiger partial charge in [0, 0.05) is 38.3 Å². The minimum absolute atomic E-state index is 0.370. The maximum absolute atomic E-state index is 12.2. The van der Waals surface area contributed by atoms with Crippen molar-refractivity contribution in [3.05, 3.63) is 0 Å². The van der Waals surface area contributed by atoms with Gasteiger partial charge in [-0.25, -0.2) is 0 Å². The van der Waals surface area contributed by atoms with Gasteiger partial charge in [0.15, 0.2) is 0 Å². The Bertz CT molecular complexity index is 288. The molecule has 4 nitrogen and oxygen atoms in total. The number of rotatable bonds is 1. The van der Waals surface area contributed by atoms with E-state index in [2.05, 4.69) is 15.1 Å². The van der Waals surface area contributed by atoms with Crippen LogP contribution in [0.4, 0.5) is 0 Å². The van der Waals surface area contributed by atoms with Gasteiger partial charge in [-0.3, -0.25) is 9.69 Å². The van der Waals surface area contributed by atoms with Crippen LogP contribution < -0.4 is 5.32 Å². The third-order valence-corrected chi connectivity index (χ3v) is 4.55. The fourth-order valence-electron chi connectivity index (χ4n) is 3.53. The monoisotopic (exact) mass is 237 g/mol. The largest absolute Gasteiger partial charge is 0.337 e. The van der Waals surface area contributed by atoms with Crippen LogP contribution in [0, 0.1) is 0 Å². The Labute approximate surface area is 103 Å². The van der Waals surface area contributed by atoms with E-state index in [-0.39, 0.29) is 0 Å². The molecule has 1 N–H and O–H groups in total. The molecule has 2 heterocycles. The molecule has 0 aromatic carbocycles. The van der Waals surface area contributed by atoms with Crippen LogP contribution in [0.15, 0.2) is 0 Å². The lowest BCUT2D eigenvalue weighted by atomic mass is 9.93. The van der Waals surface area contributed by atoms with Crippen LogP contribution in [-0.4, -0.2) is 60.5 Å². The van der Waals surface area contributed by atoms with E-state index in [0.29, 0.717) is 24.5 Å². The number of carbonyl (C=O) groups excluding carboxylic acids is 1. The average molecular weight is 237 g/mol. The first-order valence-electron chi connectivity index (χ1n) is 7.09. The van der Waals surface area contributed by atoms with Crippen molar-refractivity contribution in [2.75, 3.05) is 32.7 Å². The number of nitrogens with zero attached hydrogens (tertiary/aromatic N) is 2. The lowest BCUT2D eigenvalue weighted by Gasteiger charge is -2.47. The van der Waals surface area contributed by atoms with Gasteiger partial charge >= 0.3 is 0 Å². The van der Waals surface area contributed by atoms with Crippen molar-refractivity contribution in [2.24, 2.45) is 0 Å². The van der Waals surface area contributed by atoms with Crippen LogP contribution in [0.5, 0.6) is 0 Å². The highest BCUT2D eigenvalue weighted by atomic mass is 16.2. The molecule has 1 amide bonds. The van der Waals surface area contributed by atoms with E-state index in [1.807, 2.05) is 0 Å². The molecule has 1 aliphatic carbocycles. The molecule has 1 saturated carbocycles. The highest BCUT2D eigenvalue weighted by Gasteiger charge is 2.36. The number of hydrogen-bond acceptors (Lipinski definition) is 3. The van der Waals surface area contributed by atoms with Crippen LogP contribution in [0.25, 0.3) is 0 Å². The molecule has 0 radical (unpaired) electrons. The smallest absolute Gasteiger partial charge is 0.237 e. The van der Waals surface area contributed by atoms with E-state index in [1.54, 1.807) is 0 Å². The molecule has 1 atom stereocenters. The zero-order valence-electron chi connectivity index (χ0n) is 10.5. The van der Waals surface area contributed by atoms with Gasteiger partial charge in [0.25, 0.3) is 0 Å². The lowest BCUT2D eigenvalue weighted by molar-refractivity contribution is -0.142. The molecule has 3 aliphatic rings. The Hall–Kier alpha value is -0.610. The average Bonchev–Trinajstić information content (AvgIpc) is 2.39. The Kier molecular flexibility index (Phi) is 3.34.